The maximum atomic E-state index is 12.5. The van der Waals surface area contributed by atoms with Crippen molar-refractivity contribution in [3.63, 3.8) is 0 Å². The van der Waals surface area contributed by atoms with Gasteiger partial charge in [0.05, 0.1) is 31.7 Å². The van der Waals surface area contributed by atoms with E-state index in [2.05, 4.69) is 19.6 Å². The smallest absolute Gasteiger partial charge is 0.267 e. The van der Waals surface area contributed by atoms with Crippen LogP contribution in [0.2, 0.25) is 0 Å². The van der Waals surface area contributed by atoms with Crippen molar-refractivity contribution in [3.05, 3.63) is 23.0 Å². The Morgan fingerprint density at radius 3 is 2.96 bits per heavy atom. The van der Waals surface area contributed by atoms with E-state index in [-0.39, 0.29) is 12.0 Å². The molecule has 1 amide bonds. The lowest BCUT2D eigenvalue weighted by Gasteiger charge is -2.32. The van der Waals surface area contributed by atoms with Crippen LogP contribution in [0.4, 0.5) is 0 Å². The van der Waals surface area contributed by atoms with Crippen LogP contribution in [0.1, 0.15) is 28.2 Å². The second kappa shape index (κ2) is 6.86. The largest absolute Gasteiger partial charge is 0.480 e. The van der Waals surface area contributed by atoms with E-state index in [1.165, 1.54) is 13.3 Å². The second-order valence-corrected chi connectivity index (χ2v) is 5.97. The molecule has 122 valence electrons. The number of hydrogen-bond donors (Lipinski definition) is 0. The topological polar surface area (TPSA) is 90.3 Å². The van der Waals surface area contributed by atoms with Crippen LogP contribution in [0.3, 0.4) is 0 Å². The Balaban J connectivity index is 1.66. The Labute approximate surface area is 137 Å². The van der Waals surface area contributed by atoms with Gasteiger partial charge in [0.15, 0.2) is 0 Å². The lowest BCUT2D eigenvalue weighted by molar-refractivity contribution is 0.0528. The molecule has 1 aliphatic rings. The van der Waals surface area contributed by atoms with Gasteiger partial charge in [-0.05, 0) is 31.3 Å². The molecule has 0 radical (unpaired) electrons. The van der Waals surface area contributed by atoms with E-state index in [4.69, 9.17) is 9.47 Å². The van der Waals surface area contributed by atoms with Gasteiger partial charge >= 0.3 is 0 Å². The van der Waals surface area contributed by atoms with E-state index < -0.39 is 0 Å². The van der Waals surface area contributed by atoms with Crippen LogP contribution in [0.25, 0.3) is 0 Å². The number of aromatic nitrogens is 4. The molecule has 3 rings (SSSR count). The number of likely N-dealkylation sites (tertiary alicyclic amines) is 1. The number of carbonyl (C=O) groups is 1. The van der Waals surface area contributed by atoms with Crippen molar-refractivity contribution in [1.29, 1.82) is 0 Å². The number of rotatable bonds is 4. The molecule has 1 atom stereocenters. The molecule has 23 heavy (non-hydrogen) atoms. The number of piperidine rings is 1. The van der Waals surface area contributed by atoms with Gasteiger partial charge in [0.1, 0.15) is 11.0 Å². The van der Waals surface area contributed by atoms with Crippen LogP contribution in [0.15, 0.2) is 12.4 Å². The van der Waals surface area contributed by atoms with E-state index in [1.807, 2.05) is 0 Å². The maximum Gasteiger partial charge on any atom is 0.267 e. The van der Waals surface area contributed by atoms with Crippen molar-refractivity contribution in [1.82, 2.24) is 24.5 Å². The highest BCUT2D eigenvalue weighted by Gasteiger charge is 2.28. The SMILES string of the molecule is COc1cncc(OC2CCCN(C(=O)c3snnc3C)C2)n1. The molecule has 0 spiro atoms. The van der Waals surface area contributed by atoms with Crippen molar-refractivity contribution < 1.29 is 14.3 Å². The summed E-state index contributed by atoms with van der Waals surface area (Å²) in [5.74, 6) is 0.763. The molecule has 2 aromatic heterocycles. The number of hydrogen-bond acceptors (Lipinski definition) is 8. The van der Waals surface area contributed by atoms with Crippen molar-refractivity contribution >= 4 is 17.4 Å². The lowest BCUT2D eigenvalue weighted by Crippen LogP contribution is -2.44. The van der Waals surface area contributed by atoms with E-state index >= 15 is 0 Å². The van der Waals surface area contributed by atoms with E-state index in [1.54, 1.807) is 18.0 Å². The van der Waals surface area contributed by atoms with Gasteiger partial charge in [0.2, 0.25) is 11.8 Å². The average Bonchev–Trinajstić information content (AvgIpc) is 3.00. The van der Waals surface area contributed by atoms with Crippen LogP contribution < -0.4 is 9.47 Å². The molecular formula is C14H17N5O3S. The molecule has 0 aliphatic carbocycles. The third kappa shape index (κ3) is 3.55. The third-order valence-electron chi connectivity index (χ3n) is 3.60. The maximum absolute atomic E-state index is 12.5. The highest BCUT2D eigenvalue weighted by Crippen LogP contribution is 2.21. The Bertz CT molecular complexity index is 693. The fourth-order valence-electron chi connectivity index (χ4n) is 2.45. The summed E-state index contributed by atoms with van der Waals surface area (Å²) >= 11 is 1.13. The minimum atomic E-state index is -0.115. The molecule has 0 N–H and O–H groups in total. The summed E-state index contributed by atoms with van der Waals surface area (Å²) in [4.78, 5) is 23.1. The van der Waals surface area contributed by atoms with Crippen LogP contribution in [-0.4, -0.2) is 56.7 Å². The monoisotopic (exact) mass is 335 g/mol. The molecule has 9 heteroatoms. The molecule has 1 saturated heterocycles. The number of ether oxygens (including phenoxy) is 2. The number of nitrogens with zero attached hydrogens (tertiary/aromatic N) is 5. The molecule has 1 fully saturated rings. The quantitative estimate of drug-likeness (QED) is 0.832. The highest BCUT2D eigenvalue weighted by atomic mass is 32.1. The fraction of sp³-hybridized carbons (Fsp3) is 0.500. The molecule has 8 nitrogen and oxygen atoms in total. The summed E-state index contributed by atoms with van der Waals surface area (Å²) < 4.78 is 14.7. The van der Waals surface area contributed by atoms with Gasteiger partial charge in [-0.15, -0.1) is 5.10 Å². The first-order chi connectivity index (χ1) is 11.2. The number of aryl methyl sites for hydroxylation is 1. The average molecular weight is 335 g/mol. The first kappa shape index (κ1) is 15.6. The zero-order valence-electron chi connectivity index (χ0n) is 12.9. The molecule has 0 bridgehead atoms. The normalized spacial score (nSPS) is 17.8. The summed E-state index contributed by atoms with van der Waals surface area (Å²) in [5.41, 5.74) is 0.668. The number of methoxy groups -OCH3 is 1. The Hall–Kier alpha value is -2.29. The predicted octanol–water partition coefficient (Wildman–Crippen LogP) is 1.33. The van der Waals surface area contributed by atoms with Crippen LogP contribution in [-0.2, 0) is 0 Å². The second-order valence-electron chi connectivity index (χ2n) is 5.22. The van der Waals surface area contributed by atoms with Gasteiger partial charge in [-0.3, -0.25) is 9.78 Å². The summed E-state index contributed by atoms with van der Waals surface area (Å²) in [5, 5.41) is 3.90. The van der Waals surface area contributed by atoms with Crippen molar-refractivity contribution in [2.75, 3.05) is 20.2 Å². The van der Waals surface area contributed by atoms with Gasteiger partial charge < -0.3 is 14.4 Å². The predicted molar refractivity (Wildman–Crippen MR) is 82.8 cm³/mol. The minimum Gasteiger partial charge on any atom is -0.480 e. The zero-order chi connectivity index (χ0) is 16.2. The molecule has 2 aromatic rings. The first-order valence-corrected chi connectivity index (χ1v) is 8.05. The summed E-state index contributed by atoms with van der Waals surface area (Å²) in [6.45, 7) is 3.01. The van der Waals surface area contributed by atoms with Crippen LogP contribution >= 0.6 is 11.5 Å². The summed E-state index contributed by atoms with van der Waals surface area (Å²) in [7, 11) is 1.53. The molecule has 0 aromatic carbocycles. The molecule has 1 unspecified atom stereocenters. The van der Waals surface area contributed by atoms with Gasteiger partial charge in [0.25, 0.3) is 5.91 Å². The lowest BCUT2D eigenvalue weighted by atomic mass is 10.1. The van der Waals surface area contributed by atoms with Crippen molar-refractivity contribution in [2.24, 2.45) is 0 Å². The Kier molecular flexibility index (Phi) is 4.65. The summed E-state index contributed by atoms with van der Waals surface area (Å²) in [6, 6.07) is 0. The number of carbonyl (C=O) groups excluding carboxylic acids is 1. The van der Waals surface area contributed by atoms with Crippen LogP contribution in [0, 0.1) is 6.92 Å². The molecule has 1 aliphatic heterocycles. The Morgan fingerprint density at radius 1 is 1.39 bits per heavy atom. The molecular weight excluding hydrogens is 318 g/mol. The number of amides is 1. The standard InChI is InChI=1S/C14H17N5O3S/c1-9-13(23-18-17-9)14(20)19-5-3-4-10(8-19)22-12-7-15-6-11(16-12)21-2/h6-7,10H,3-5,8H2,1-2H3. The van der Waals surface area contributed by atoms with E-state index in [0.717, 1.165) is 24.4 Å². The van der Waals surface area contributed by atoms with Gasteiger partial charge in [-0.2, -0.15) is 4.98 Å². The van der Waals surface area contributed by atoms with Gasteiger partial charge in [-0.1, -0.05) is 4.49 Å². The molecule has 0 saturated carbocycles. The van der Waals surface area contributed by atoms with E-state index in [9.17, 15) is 4.79 Å². The van der Waals surface area contributed by atoms with Crippen LogP contribution in [0.5, 0.6) is 11.8 Å². The highest BCUT2D eigenvalue weighted by molar-refractivity contribution is 7.07. The van der Waals surface area contributed by atoms with Crippen molar-refractivity contribution in [3.8, 4) is 11.8 Å². The third-order valence-corrected chi connectivity index (χ3v) is 4.41. The molecule has 3 heterocycles. The van der Waals surface area contributed by atoms with E-state index in [0.29, 0.717) is 35.4 Å². The summed E-state index contributed by atoms with van der Waals surface area (Å²) in [6.07, 6.45) is 4.68. The van der Waals surface area contributed by atoms with Crippen molar-refractivity contribution in [2.45, 2.75) is 25.9 Å². The zero-order valence-corrected chi connectivity index (χ0v) is 13.7. The van der Waals surface area contributed by atoms with Gasteiger partial charge in [0, 0.05) is 6.54 Å². The van der Waals surface area contributed by atoms with Gasteiger partial charge in [-0.25, -0.2) is 0 Å². The minimum absolute atomic E-state index is 0.0393. The fourth-order valence-corrected chi connectivity index (χ4v) is 3.07. The first-order valence-electron chi connectivity index (χ1n) is 7.28. The Morgan fingerprint density at radius 2 is 2.22 bits per heavy atom.